The van der Waals surface area contributed by atoms with Crippen molar-refractivity contribution in [2.45, 2.75) is 51.5 Å². The van der Waals surface area contributed by atoms with Gasteiger partial charge in [-0.25, -0.2) is 9.67 Å². The molecule has 1 fully saturated rings. The van der Waals surface area contributed by atoms with Gasteiger partial charge in [-0.2, -0.15) is 5.10 Å². The quantitative estimate of drug-likeness (QED) is 0.601. The van der Waals surface area contributed by atoms with E-state index >= 15 is 0 Å². The molecule has 0 radical (unpaired) electrons. The molecule has 4 rings (SSSR count). The fourth-order valence-corrected chi connectivity index (χ4v) is 4.55. The zero-order valence-electron chi connectivity index (χ0n) is 19.3. The van der Waals surface area contributed by atoms with Crippen molar-refractivity contribution < 1.29 is 9.59 Å². The number of nitrogens with one attached hydrogen (secondary N) is 1. The molecule has 7 nitrogen and oxygen atoms in total. The number of piperidine rings is 1. The molecule has 2 aromatic heterocycles. The van der Waals surface area contributed by atoms with Crippen LogP contribution in [0, 0.1) is 0 Å². The van der Waals surface area contributed by atoms with E-state index < -0.39 is 0 Å². The van der Waals surface area contributed by atoms with Crippen LogP contribution in [0.2, 0.25) is 0 Å². The zero-order valence-corrected chi connectivity index (χ0v) is 19.3. The summed E-state index contributed by atoms with van der Waals surface area (Å²) in [5.41, 5.74) is 2.49. The lowest BCUT2D eigenvalue weighted by Crippen LogP contribution is -2.47. The van der Waals surface area contributed by atoms with Crippen molar-refractivity contribution in [3.05, 3.63) is 77.7 Å². The number of benzene rings is 1. The molecule has 0 spiro atoms. The van der Waals surface area contributed by atoms with Gasteiger partial charge < -0.3 is 10.2 Å². The Kier molecular flexibility index (Phi) is 7.17. The molecule has 172 valence electrons. The van der Waals surface area contributed by atoms with Crippen molar-refractivity contribution in [3.63, 3.8) is 0 Å². The molecule has 1 aliphatic rings. The van der Waals surface area contributed by atoms with E-state index in [9.17, 15) is 9.59 Å². The third kappa shape index (κ3) is 4.97. The van der Waals surface area contributed by atoms with Crippen LogP contribution in [0.1, 0.15) is 60.6 Å². The van der Waals surface area contributed by atoms with Gasteiger partial charge in [0.1, 0.15) is 0 Å². The molecule has 1 aromatic carbocycles. The number of aromatic nitrogens is 3. The van der Waals surface area contributed by atoms with Crippen LogP contribution in [0.4, 0.5) is 0 Å². The van der Waals surface area contributed by atoms with Crippen LogP contribution in [0.3, 0.4) is 0 Å². The summed E-state index contributed by atoms with van der Waals surface area (Å²) in [5.74, 6) is 0.652. The third-order valence-electron chi connectivity index (χ3n) is 6.36. The molecule has 1 saturated heterocycles. The van der Waals surface area contributed by atoms with Gasteiger partial charge in [-0.3, -0.25) is 9.59 Å². The fourth-order valence-electron chi connectivity index (χ4n) is 4.55. The van der Waals surface area contributed by atoms with E-state index in [0.29, 0.717) is 30.9 Å². The largest absolute Gasteiger partial charge is 0.349 e. The highest BCUT2D eigenvalue weighted by Crippen LogP contribution is 2.24. The summed E-state index contributed by atoms with van der Waals surface area (Å²) in [6.07, 6.45) is 6.28. The number of hydrogen-bond donors (Lipinski definition) is 1. The molecule has 3 aromatic rings. The van der Waals surface area contributed by atoms with E-state index in [1.807, 2.05) is 60.4 Å². The van der Waals surface area contributed by atoms with Crippen molar-refractivity contribution in [3.8, 4) is 5.82 Å². The lowest BCUT2D eigenvalue weighted by atomic mass is 9.93. The molecule has 0 saturated carbocycles. The van der Waals surface area contributed by atoms with E-state index in [0.717, 1.165) is 30.5 Å². The Morgan fingerprint density at radius 2 is 1.79 bits per heavy atom. The lowest BCUT2D eigenvalue weighted by molar-refractivity contribution is -0.134. The van der Waals surface area contributed by atoms with Crippen LogP contribution in [-0.2, 0) is 11.2 Å². The average Bonchev–Trinajstić information content (AvgIpc) is 3.30. The van der Waals surface area contributed by atoms with E-state index in [1.165, 1.54) is 0 Å². The summed E-state index contributed by atoms with van der Waals surface area (Å²) in [6.45, 7) is 5.37. The van der Waals surface area contributed by atoms with Crippen LogP contribution in [0.5, 0.6) is 0 Å². The van der Waals surface area contributed by atoms with Crippen LogP contribution in [0.15, 0.2) is 60.9 Å². The number of nitrogens with zero attached hydrogens (tertiary/aromatic N) is 4. The van der Waals surface area contributed by atoms with Crippen molar-refractivity contribution in [1.29, 1.82) is 0 Å². The normalized spacial score (nSPS) is 15.3. The highest BCUT2D eigenvalue weighted by atomic mass is 16.2. The summed E-state index contributed by atoms with van der Waals surface area (Å²) in [6, 6.07) is 15.6. The minimum absolute atomic E-state index is 0.0428. The van der Waals surface area contributed by atoms with Crippen LogP contribution >= 0.6 is 0 Å². The number of carbonyl (C=O) groups excluding carboxylic acids is 2. The van der Waals surface area contributed by atoms with Gasteiger partial charge in [0.15, 0.2) is 5.82 Å². The maximum atomic E-state index is 13.1. The Hall–Kier alpha value is -3.48. The molecule has 1 unspecified atom stereocenters. The topological polar surface area (TPSA) is 80.1 Å². The second kappa shape index (κ2) is 10.4. The van der Waals surface area contributed by atoms with E-state index in [2.05, 4.69) is 22.3 Å². The van der Waals surface area contributed by atoms with Crippen molar-refractivity contribution in [2.24, 2.45) is 0 Å². The first-order valence-electron chi connectivity index (χ1n) is 11.7. The Morgan fingerprint density at radius 3 is 2.42 bits per heavy atom. The Labute approximate surface area is 194 Å². The van der Waals surface area contributed by atoms with Crippen molar-refractivity contribution in [1.82, 2.24) is 25.0 Å². The summed E-state index contributed by atoms with van der Waals surface area (Å²) in [5, 5.41) is 7.56. The first-order valence-corrected chi connectivity index (χ1v) is 11.7. The van der Waals surface area contributed by atoms with Gasteiger partial charge in [0.05, 0.1) is 23.4 Å². The van der Waals surface area contributed by atoms with Crippen LogP contribution in [-0.4, -0.2) is 50.6 Å². The van der Waals surface area contributed by atoms with E-state index in [1.54, 1.807) is 17.1 Å². The molecule has 1 N–H and O–H groups in total. The molecule has 2 amide bonds. The second-order valence-electron chi connectivity index (χ2n) is 8.40. The number of pyridine rings is 1. The number of likely N-dealkylation sites (tertiary alicyclic amines) is 1. The monoisotopic (exact) mass is 445 g/mol. The molecule has 0 aliphatic carbocycles. The zero-order chi connectivity index (χ0) is 23.2. The first-order chi connectivity index (χ1) is 16.1. The van der Waals surface area contributed by atoms with Gasteiger partial charge in [0, 0.05) is 25.3 Å². The molecule has 33 heavy (non-hydrogen) atoms. The standard InChI is InChI=1S/C26H31N5O2/c1-3-21(19-10-6-5-7-11-19)26(33)30-16-13-20(14-17-30)29-25(32)22-18-28-31(23(22)4-2)24-12-8-9-15-27-24/h5-12,15,18,20-21H,3-4,13-14,16-17H2,1-2H3,(H,29,32). The van der Waals surface area contributed by atoms with Gasteiger partial charge in [-0.1, -0.05) is 50.2 Å². The van der Waals surface area contributed by atoms with Crippen LogP contribution < -0.4 is 5.32 Å². The summed E-state index contributed by atoms with van der Waals surface area (Å²) in [4.78, 5) is 32.4. The smallest absolute Gasteiger partial charge is 0.254 e. The average molecular weight is 446 g/mol. The minimum atomic E-state index is -0.116. The first kappa shape index (κ1) is 22.7. The van der Waals surface area contributed by atoms with E-state index in [-0.39, 0.29) is 23.8 Å². The van der Waals surface area contributed by atoms with Gasteiger partial charge in [-0.15, -0.1) is 0 Å². The lowest BCUT2D eigenvalue weighted by Gasteiger charge is -2.34. The summed E-state index contributed by atoms with van der Waals surface area (Å²) >= 11 is 0. The Morgan fingerprint density at radius 1 is 1.06 bits per heavy atom. The Bertz CT molecular complexity index is 1070. The number of hydrogen-bond acceptors (Lipinski definition) is 4. The van der Waals surface area contributed by atoms with Crippen LogP contribution in [0.25, 0.3) is 5.82 Å². The summed E-state index contributed by atoms with van der Waals surface area (Å²) in [7, 11) is 0. The Balaban J connectivity index is 1.37. The molecule has 7 heteroatoms. The number of rotatable bonds is 7. The number of amides is 2. The van der Waals surface area contributed by atoms with Gasteiger partial charge >= 0.3 is 0 Å². The molecular weight excluding hydrogens is 414 g/mol. The van der Waals surface area contributed by atoms with E-state index in [4.69, 9.17) is 0 Å². The predicted octanol–water partition coefficient (Wildman–Crippen LogP) is 3.74. The summed E-state index contributed by atoms with van der Waals surface area (Å²) < 4.78 is 1.73. The molecule has 3 heterocycles. The minimum Gasteiger partial charge on any atom is -0.349 e. The highest BCUT2D eigenvalue weighted by Gasteiger charge is 2.29. The van der Waals surface area contributed by atoms with Gasteiger partial charge in [0.25, 0.3) is 5.91 Å². The van der Waals surface area contributed by atoms with Gasteiger partial charge in [0.2, 0.25) is 5.91 Å². The predicted molar refractivity (Wildman–Crippen MR) is 127 cm³/mol. The maximum Gasteiger partial charge on any atom is 0.254 e. The second-order valence-corrected chi connectivity index (χ2v) is 8.40. The fraction of sp³-hybridized carbons (Fsp3) is 0.385. The van der Waals surface area contributed by atoms with Gasteiger partial charge in [-0.05, 0) is 43.4 Å². The highest BCUT2D eigenvalue weighted by molar-refractivity contribution is 5.95. The SMILES string of the molecule is CCc1c(C(=O)NC2CCN(C(=O)C(CC)c3ccccc3)CC2)cnn1-c1ccccn1. The maximum absolute atomic E-state index is 13.1. The third-order valence-corrected chi connectivity index (χ3v) is 6.36. The molecule has 0 bridgehead atoms. The van der Waals surface area contributed by atoms with Crippen molar-refractivity contribution in [2.75, 3.05) is 13.1 Å². The molecular formula is C26H31N5O2. The molecule has 1 aliphatic heterocycles. The van der Waals surface area contributed by atoms with Crippen molar-refractivity contribution >= 4 is 11.8 Å². The molecule has 1 atom stereocenters. The number of carbonyl (C=O) groups is 2.